The van der Waals surface area contributed by atoms with Crippen molar-refractivity contribution in [3.8, 4) is 22.8 Å². The summed E-state index contributed by atoms with van der Waals surface area (Å²) in [5.41, 5.74) is 4.34. The zero-order chi connectivity index (χ0) is 21.6. The van der Waals surface area contributed by atoms with Gasteiger partial charge in [-0.25, -0.2) is 4.99 Å². The van der Waals surface area contributed by atoms with Crippen LogP contribution in [-0.2, 0) is 13.0 Å². The predicted octanol–water partition coefficient (Wildman–Crippen LogP) is 6.36. The van der Waals surface area contributed by atoms with Crippen molar-refractivity contribution in [2.24, 2.45) is 4.99 Å². The molecule has 4 aromatic rings. The van der Waals surface area contributed by atoms with Gasteiger partial charge in [0.2, 0.25) is 0 Å². The smallest absolute Gasteiger partial charge is 0.190 e. The van der Waals surface area contributed by atoms with Crippen LogP contribution in [0.2, 0.25) is 5.02 Å². The fraction of sp³-hybridized carbons (Fsp3) is 0.160. The Morgan fingerprint density at radius 1 is 0.903 bits per heavy atom. The molecule has 4 nitrogen and oxygen atoms in total. The maximum Gasteiger partial charge on any atom is 0.190 e. The number of methoxy groups -OCH3 is 2. The Morgan fingerprint density at radius 2 is 1.65 bits per heavy atom. The Labute approximate surface area is 191 Å². The van der Waals surface area contributed by atoms with Crippen molar-refractivity contribution < 1.29 is 9.47 Å². The van der Waals surface area contributed by atoms with Gasteiger partial charge in [0.05, 0.1) is 25.6 Å². The first kappa shape index (κ1) is 21.2. The molecule has 0 saturated heterocycles. The van der Waals surface area contributed by atoms with Crippen molar-refractivity contribution in [2.45, 2.75) is 13.0 Å². The molecule has 0 saturated carbocycles. The van der Waals surface area contributed by atoms with Crippen LogP contribution in [0.25, 0.3) is 11.3 Å². The number of halogens is 1. The number of hydrogen-bond acceptors (Lipinski definition) is 4. The molecule has 1 aromatic heterocycles. The van der Waals surface area contributed by atoms with E-state index in [9.17, 15) is 0 Å². The van der Waals surface area contributed by atoms with E-state index < -0.39 is 0 Å². The average Bonchev–Trinajstić information content (AvgIpc) is 3.20. The highest BCUT2D eigenvalue weighted by Gasteiger charge is 2.10. The Morgan fingerprint density at radius 3 is 2.35 bits per heavy atom. The van der Waals surface area contributed by atoms with Crippen LogP contribution in [0.5, 0.6) is 11.5 Å². The largest absolute Gasteiger partial charge is 0.493 e. The van der Waals surface area contributed by atoms with Gasteiger partial charge >= 0.3 is 0 Å². The van der Waals surface area contributed by atoms with Gasteiger partial charge in [0.15, 0.2) is 16.3 Å². The van der Waals surface area contributed by atoms with Crippen LogP contribution in [0.4, 0.5) is 5.69 Å². The molecule has 1 heterocycles. The monoisotopic (exact) mass is 450 g/mol. The minimum Gasteiger partial charge on any atom is -0.493 e. The summed E-state index contributed by atoms with van der Waals surface area (Å²) < 4.78 is 13.1. The van der Waals surface area contributed by atoms with E-state index in [1.54, 1.807) is 25.6 Å². The number of para-hydroxylation sites is 1. The van der Waals surface area contributed by atoms with Crippen LogP contribution >= 0.6 is 22.9 Å². The van der Waals surface area contributed by atoms with Gasteiger partial charge in [-0.05, 0) is 53.9 Å². The van der Waals surface area contributed by atoms with E-state index >= 15 is 0 Å². The first-order valence-electron chi connectivity index (χ1n) is 9.93. The summed E-state index contributed by atoms with van der Waals surface area (Å²) in [6.07, 6.45) is 0.833. The normalized spacial score (nSPS) is 11.5. The summed E-state index contributed by atoms with van der Waals surface area (Å²) in [7, 11) is 3.30. The lowest BCUT2D eigenvalue weighted by Crippen LogP contribution is -2.17. The summed E-state index contributed by atoms with van der Waals surface area (Å²) in [6.45, 7) is 0.780. The summed E-state index contributed by atoms with van der Waals surface area (Å²) in [4.78, 5) is 5.84. The first-order valence-corrected chi connectivity index (χ1v) is 11.2. The molecule has 31 heavy (non-hydrogen) atoms. The SMILES string of the molecule is COc1ccc(CCn2c(-c3ccc(Cl)cc3)csc2=Nc2ccccc2)cc1OC. The number of thiazole rings is 1. The zero-order valence-electron chi connectivity index (χ0n) is 17.4. The van der Waals surface area contributed by atoms with Gasteiger partial charge in [-0.1, -0.05) is 48.0 Å². The van der Waals surface area contributed by atoms with Crippen LogP contribution in [0.1, 0.15) is 5.56 Å². The third kappa shape index (κ3) is 5.01. The van der Waals surface area contributed by atoms with Crippen LogP contribution in [0.3, 0.4) is 0 Å². The molecule has 0 aliphatic rings. The van der Waals surface area contributed by atoms with Crippen LogP contribution < -0.4 is 14.3 Å². The summed E-state index contributed by atoms with van der Waals surface area (Å²) >= 11 is 7.74. The molecule has 6 heteroatoms. The van der Waals surface area contributed by atoms with E-state index in [1.807, 2.05) is 66.7 Å². The molecule has 0 fully saturated rings. The Kier molecular flexibility index (Phi) is 6.75. The Hall–Kier alpha value is -3.02. The van der Waals surface area contributed by atoms with E-state index in [-0.39, 0.29) is 0 Å². The number of hydrogen-bond donors (Lipinski definition) is 0. The van der Waals surface area contributed by atoms with Crippen molar-refractivity contribution in [3.05, 3.63) is 93.6 Å². The van der Waals surface area contributed by atoms with Gasteiger partial charge in [-0.3, -0.25) is 0 Å². The highest BCUT2D eigenvalue weighted by atomic mass is 35.5. The van der Waals surface area contributed by atoms with Crippen molar-refractivity contribution in [2.75, 3.05) is 14.2 Å². The van der Waals surface area contributed by atoms with Gasteiger partial charge in [0.1, 0.15) is 0 Å². The molecule has 0 aliphatic carbocycles. The number of aromatic nitrogens is 1. The Bertz CT molecular complexity index is 1210. The lowest BCUT2D eigenvalue weighted by atomic mass is 10.1. The van der Waals surface area contributed by atoms with Gasteiger partial charge in [0, 0.05) is 16.9 Å². The number of nitrogens with zero attached hydrogens (tertiary/aromatic N) is 2. The molecule has 158 valence electrons. The molecular weight excluding hydrogens is 428 g/mol. The quantitative estimate of drug-likeness (QED) is 0.328. The second kappa shape index (κ2) is 9.86. The van der Waals surface area contributed by atoms with Crippen LogP contribution in [0.15, 0.2) is 83.2 Å². The summed E-state index contributed by atoms with van der Waals surface area (Å²) in [5.74, 6) is 1.47. The van der Waals surface area contributed by atoms with Gasteiger partial charge in [0.25, 0.3) is 0 Å². The number of rotatable bonds is 7. The Balaban J connectivity index is 1.71. The van der Waals surface area contributed by atoms with Gasteiger partial charge < -0.3 is 14.0 Å². The standard InChI is InChI=1S/C25H23ClN2O2S/c1-29-23-13-8-18(16-24(23)30-2)14-15-28-22(19-9-11-20(26)12-10-19)17-31-25(28)27-21-6-4-3-5-7-21/h3-13,16-17H,14-15H2,1-2H3. The predicted molar refractivity (Wildman–Crippen MR) is 128 cm³/mol. The van der Waals surface area contributed by atoms with Crippen LogP contribution in [-0.4, -0.2) is 18.8 Å². The van der Waals surface area contributed by atoms with E-state index in [1.165, 1.54) is 5.56 Å². The molecule has 0 radical (unpaired) electrons. The van der Waals surface area contributed by atoms with E-state index in [2.05, 4.69) is 16.0 Å². The van der Waals surface area contributed by atoms with Gasteiger partial charge in [-0.15, -0.1) is 11.3 Å². The number of ether oxygens (including phenoxy) is 2. The average molecular weight is 451 g/mol. The molecule has 0 unspecified atom stereocenters. The highest BCUT2D eigenvalue weighted by Crippen LogP contribution is 2.28. The van der Waals surface area contributed by atoms with Crippen LogP contribution in [0, 0.1) is 0 Å². The molecule has 4 rings (SSSR count). The minimum absolute atomic E-state index is 0.727. The molecule has 0 amide bonds. The fourth-order valence-corrected chi connectivity index (χ4v) is 4.46. The molecule has 0 N–H and O–H groups in total. The fourth-order valence-electron chi connectivity index (χ4n) is 3.38. The van der Waals surface area contributed by atoms with Gasteiger partial charge in [-0.2, -0.15) is 0 Å². The molecular formula is C25H23ClN2O2S. The van der Waals surface area contributed by atoms with Crippen molar-refractivity contribution in [1.82, 2.24) is 4.57 Å². The van der Waals surface area contributed by atoms with E-state index in [4.69, 9.17) is 26.1 Å². The maximum atomic E-state index is 6.10. The molecule has 3 aromatic carbocycles. The minimum atomic E-state index is 0.727. The maximum absolute atomic E-state index is 6.10. The second-order valence-corrected chi connectivity index (χ2v) is 8.22. The molecule has 0 spiro atoms. The lowest BCUT2D eigenvalue weighted by Gasteiger charge is -2.12. The zero-order valence-corrected chi connectivity index (χ0v) is 19.0. The summed E-state index contributed by atoms with van der Waals surface area (Å²) in [5, 5.41) is 2.88. The number of aryl methyl sites for hydroxylation is 1. The third-order valence-electron chi connectivity index (χ3n) is 4.99. The molecule has 0 atom stereocenters. The molecule has 0 bridgehead atoms. The van der Waals surface area contributed by atoms with E-state index in [0.717, 1.165) is 51.2 Å². The number of benzene rings is 3. The van der Waals surface area contributed by atoms with Crippen molar-refractivity contribution in [1.29, 1.82) is 0 Å². The third-order valence-corrected chi connectivity index (χ3v) is 6.11. The van der Waals surface area contributed by atoms with Crippen molar-refractivity contribution in [3.63, 3.8) is 0 Å². The topological polar surface area (TPSA) is 35.8 Å². The summed E-state index contributed by atoms with van der Waals surface area (Å²) in [6, 6.07) is 24.0. The highest BCUT2D eigenvalue weighted by molar-refractivity contribution is 7.07. The van der Waals surface area contributed by atoms with E-state index in [0.29, 0.717) is 0 Å². The van der Waals surface area contributed by atoms with Crippen molar-refractivity contribution >= 4 is 28.6 Å². The molecule has 0 aliphatic heterocycles. The first-order chi connectivity index (χ1) is 15.2. The second-order valence-electron chi connectivity index (χ2n) is 6.95. The lowest BCUT2D eigenvalue weighted by molar-refractivity contribution is 0.354.